The molecule has 33 heavy (non-hydrogen) atoms. The van der Waals surface area contributed by atoms with Crippen LogP contribution in [-0.2, 0) is 18.4 Å². The highest BCUT2D eigenvalue weighted by molar-refractivity contribution is 5.70. The van der Waals surface area contributed by atoms with Gasteiger partial charge < -0.3 is 14.6 Å². The molecule has 1 N–H and O–H groups in total. The summed E-state index contributed by atoms with van der Waals surface area (Å²) < 4.78 is 13.2. The largest absolute Gasteiger partial charge is 0.489 e. The molecule has 0 spiro atoms. The highest BCUT2D eigenvalue weighted by atomic mass is 16.5. The van der Waals surface area contributed by atoms with E-state index in [1.54, 1.807) is 11.7 Å². The van der Waals surface area contributed by atoms with Crippen molar-refractivity contribution in [2.45, 2.75) is 65.2 Å². The molecular formula is C21H28N8O4. The summed E-state index contributed by atoms with van der Waals surface area (Å²) in [6.45, 7) is 5.94. The molecule has 12 heteroatoms. The molecule has 1 fully saturated rings. The minimum atomic E-state index is -0.756. The minimum Gasteiger partial charge on any atom is -0.489 e. The SMILES string of the molecule is Cc1nc(-c2nnn(C)c2Cn2nnc(OC(C)C)n2)ccc1O[C@H]1CCC[C@H](C(=O)O)C1. The molecule has 0 unspecified atom stereocenters. The molecule has 3 heterocycles. The lowest BCUT2D eigenvalue weighted by Gasteiger charge is -2.27. The molecule has 3 aromatic heterocycles. The van der Waals surface area contributed by atoms with Gasteiger partial charge in [-0.1, -0.05) is 15.4 Å². The molecule has 12 nitrogen and oxygen atoms in total. The van der Waals surface area contributed by atoms with Crippen LogP contribution in [0.15, 0.2) is 12.1 Å². The third kappa shape index (κ3) is 5.26. The summed E-state index contributed by atoms with van der Waals surface area (Å²) in [7, 11) is 1.79. The highest BCUT2D eigenvalue weighted by Crippen LogP contribution is 2.30. The van der Waals surface area contributed by atoms with Crippen molar-refractivity contribution in [3.63, 3.8) is 0 Å². The Kier molecular flexibility index (Phi) is 6.52. The second-order valence-corrected chi connectivity index (χ2v) is 8.50. The van der Waals surface area contributed by atoms with E-state index in [1.165, 1.54) is 4.80 Å². The Labute approximate surface area is 190 Å². The van der Waals surface area contributed by atoms with Gasteiger partial charge >= 0.3 is 12.0 Å². The second kappa shape index (κ2) is 9.51. The van der Waals surface area contributed by atoms with Crippen molar-refractivity contribution < 1.29 is 19.4 Å². The highest BCUT2D eigenvalue weighted by Gasteiger charge is 2.28. The standard InChI is InChI=1S/C21H28N8O4/c1-12(2)32-21-24-27-29(25-21)11-17-19(23-26-28(17)4)16-8-9-18(13(3)22-16)33-15-7-5-6-14(10-15)20(30)31/h8-9,12,14-15H,5-7,10-11H2,1-4H3,(H,30,31)/t14-,15-/m0/s1. The Balaban J connectivity index is 1.50. The Morgan fingerprint density at radius 1 is 1.24 bits per heavy atom. The summed E-state index contributed by atoms with van der Waals surface area (Å²) in [4.78, 5) is 17.4. The first kappa shape index (κ1) is 22.6. The quantitative estimate of drug-likeness (QED) is 0.535. The van der Waals surface area contributed by atoms with Gasteiger partial charge in [0.05, 0.1) is 35.2 Å². The average molecular weight is 457 g/mol. The van der Waals surface area contributed by atoms with Gasteiger partial charge in [-0.3, -0.25) is 4.79 Å². The van der Waals surface area contributed by atoms with E-state index in [-0.39, 0.29) is 24.1 Å². The van der Waals surface area contributed by atoms with Gasteiger partial charge in [-0.05, 0) is 63.8 Å². The molecule has 4 rings (SSSR count). The minimum absolute atomic E-state index is 0.0480. The Hall–Kier alpha value is -3.57. The third-order valence-corrected chi connectivity index (χ3v) is 5.56. The molecule has 176 valence electrons. The monoisotopic (exact) mass is 456 g/mol. The lowest BCUT2D eigenvalue weighted by Crippen LogP contribution is -2.29. The Bertz CT molecular complexity index is 1130. The first-order valence-corrected chi connectivity index (χ1v) is 11.0. The number of hydrogen-bond acceptors (Lipinski definition) is 9. The summed E-state index contributed by atoms with van der Waals surface area (Å²) in [6, 6.07) is 3.89. The van der Waals surface area contributed by atoms with E-state index in [0.29, 0.717) is 42.2 Å². The van der Waals surface area contributed by atoms with Crippen LogP contribution in [0.25, 0.3) is 11.4 Å². The predicted octanol–water partition coefficient (Wildman–Crippen LogP) is 2.03. The number of aliphatic carboxylic acids is 1. The number of aryl methyl sites for hydroxylation is 2. The van der Waals surface area contributed by atoms with Crippen molar-refractivity contribution in [1.82, 2.24) is 40.2 Å². The number of tetrazole rings is 1. The predicted molar refractivity (Wildman–Crippen MR) is 116 cm³/mol. The molecule has 1 aliphatic rings. The smallest absolute Gasteiger partial charge is 0.356 e. The number of aromatic nitrogens is 8. The number of ether oxygens (including phenoxy) is 2. The molecule has 0 aromatic carbocycles. The van der Waals surface area contributed by atoms with Crippen LogP contribution in [0.3, 0.4) is 0 Å². The topological polar surface area (TPSA) is 143 Å². The maximum atomic E-state index is 11.3. The summed E-state index contributed by atoms with van der Waals surface area (Å²) >= 11 is 0. The number of hydrogen-bond donors (Lipinski definition) is 1. The lowest BCUT2D eigenvalue weighted by atomic mass is 9.87. The molecular weight excluding hydrogens is 428 g/mol. The van der Waals surface area contributed by atoms with Crippen molar-refractivity contribution in [3.8, 4) is 23.1 Å². The molecule has 0 amide bonds. The van der Waals surface area contributed by atoms with Gasteiger partial charge in [0.25, 0.3) is 0 Å². The zero-order valence-electron chi connectivity index (χ0n) is 19.2. The van der Waals surface area contributed by atoms with E-state index in [0.717, 1.165) is 18.5 Å². The molecule has 0 aliphatic heterocycles. The van der Waals surface area contributed by atoms with Gasteiger partial charge in [-0.25, -0.2) is 9.67 Å². The maximum Gasteiger partial charge on any atom is 0.356 e. The summed E-state index contributed by atoms with van der Waals surface area (Å²) in [6.07, 6.45) is 2.72. The van der Waals surface area contributed by atoms with Gasteiger partial charge in [-0.15, -0.1) is 5.10 Å². The summed E-state index contributed by atoms with van der Waals surface area (Å²) in [5, 5.41) is 29.9. The van der Waals surface area contributed by atoms with Crippen LogP contribution < -0.4 is 9.47 Å². The fourth-order valence-electron chi connectivity index (χ4n) is 3.90. The van der Waals surface area contributed by atoms with E-state index >= 15 is 0 Å². The van der Waals surface area contributed by atoms with E-state index in [1.807, 2.05) is 32.9 Å². The molecule has 1 aliphatic carbocycles. The van der Waals surface area contributed by atoms with Crippen molar-refractivity contribution in [3.05, 3.63) is 23.5 Å². The van der Waals surface area contributed by atoms with Crippen LogP contribution in [0.1, 0.15) is 50.9 Å². The van der Waals surface area contributed by atoms with E-state index < -0.39 is 5.97 Å². The number of nitrogens with zero attached hydrogens (tertiary/aromatic N) is 8. The zero-order chi connectivity index (χ0) is 23.5. The fourth-order valence-corrected chi connectivity index (χ4v) is 3.90. The van der Waals surface area contributed by atoms with Crippen LogP contribution in [0, 0.1) is 12.8 Å². The molecule has 0 bridgehead atoms. The first-order valence-electron chi connectivity index (χ1n) is 11.0. The fraction of sp³-hybridized carbons (Fsp3) is 0.571. The number of carboxylic acids is 1. The lowest BCUT2D eigenvalue weighted by molar-refractivity contribution is -0.143. The van der Waals surface area contributed by atoms with E-state index in [2.05, 4.69) is 30.7 Å². The zero-order valence-corrected chi connectivity index (χ0v) is 19.2. The van der Waals surface area contributed by atoms with Crippen LogP contribution in [0.2, 0.25) is 0 Å². The maximum absolute atomic E-state index is 11.3. The molecule has 3 aromatic rings. The van der Waals surface area contributed by atoms with E-state index in [4.69, 9.17) is 9.47 Å². The molecule has 0 saturated heterocycles. The normalized spacial score (nSPS) is 18.5. The molecule has 0 radical (unpaired) electrons. The van der Waals surface area contributed by atoms with Gasteiger partial charge in [0.2, 0.25) is 0 Å². The number of rotatable bonds is 8. The van der Waals surface area contributed by atoms with Gasteiger partial charge in [0, 0.05) is 7.05 Å². The average Bonchev–Trinajstić information content (AvgIpc) is 3.36. The van der Waals surface area contributed by atoms with Crippen LogP contribution in [0.5, 0.6) is 11.8 Å². The summed E-state index contributed by atoms with van der Waals surface area (Å²) in [5.74, 6) is -0.461. The first-order chi connectivity index (χ1) is 15.8. The number of pyridine rings is 1. The Morgan fingerprint density at radius 3 is 2.79 bits per heavy atom. The van der Waals surface area contributed by atoms with Crippen LogP contribution >= 0.6 is 0 Å². The summed E-state index contributed by atoms with van der Waals surface area (Å²) in [5.41, 5.74) is 2.72. The molecule has 2 atom stereocenters. The van der Waals surface area contributed by atoms with Crippen LogP contribution in [-0.4, -0.2) is 63.5 Å². The van der Waals surface area contributed by atoms with E-state index in [9.17, 15) is 9.90 Å². The molecule has 1 saturated carbocycles. The second-order valence-electron chi connectivity index (χ2n) is 8.50. The van der Waals surface area contributed by atoms with Crippen molar-refractivity contribution in [2.24, 2.45) is 13.0 Å². The van der Waals surface area contributed by atoms with Gasteiger partial charge in [-0.2, -0.15) is 4.80 Å². The van der Waals surface area contributed by atoms with Crippen molar-refractivity contribution in [1.29, 1.82) is 0 Å². The van der Waals surface area contributed by atoms with Gasteiger partial charge in [0.15, 0.2) is 0 Å². The van der Waals surface area contributed by atoms with Crippen molar-refractivity contribution in [2.75, 3.05) is 0 Å². The number of carbonyl (C=O) groups is 1. The third-order valence-electron chi connectivity index (χ3n) is 5.56. The van der Waals surface area contributed by atoms with Crippen LogP contribution in [0.4, 0.5) is 0 Å². The van der Waals surface area contributed by atoms with Gasteiger partial charge in [0.1, 0.15) is 18.0 Å². The van der Waals surface area contributed by atoms with Crippen molar-refractivity contribution >= 4 is 5.97 Å². The number of carboxylic acid groups (broad SMARTS) is 1. The Morgan fingerprint density at radius 2 is 2.06 bits per heavy atom.